The van der Waals surface area contributed by atoms with Crippen LogP contribution in [0, 0.1) is 0 Å². The lowest BCUT2D eigenvalue weighted by Gasteiger charge is -2.35. The minimum absolute atomic E-state index is 0.157. The molecular formula is C32H30F3N5O4. The quantitative estimate of drug-likeness (QED) is 0.314. The number of piperazine rings is 1. The van der Waals surface area contributed by atoms with Crippen molar-refractivity contribution in [2.75, 3.05) is 36.4 Å². The monoisotopic (exact) mass is 605 g/mol. The van der Waals surface area contributed by atoms with E-state index in [9.17, 15) is 32.3 Å². The van der Waals surface area contributed by atoms with Gasteiger partial charge < -0.3 is 10.2 Å². The molecule has 3 aliphatic rings. The Kier molecular flexibility index (Phi) is 7.93. The van der Waals surface area contributed by atoms with Crippen molar-refractivity contribution < 1.29 is 32.3 Å². The normalized spacial score (nSPS) is 19.5. The molecular weight excluding hydrogens is 575 g/mol. The second-order valence-corrected chi connectivity index (χ2v) is 11.3. The average Bonchev–Trinajstić information content (AvgIpc) is 3.26. The van der Waals surface area contributed by atoms with E-state index in [1.807, 2.05) is 29.2 Å². The van der Waals surface area contributed by atoms with Crippen LogP contribution < -0.4 is 10.2 Å². The molecule has 0 spiro atoms. The summed E-state index contributed by atoms with van der Waals surface area (Å²) in [5.41, 5.74) is 2.32. The third kappa shape index (κ3) is 5.94. The van der Waals surface area contributed by atoms with Crippen molar-refractivity contribution in [3.8, 4) is 0 Å². The first-order chi connectivity index (χ1) is 21.1. The second-order valence-electron chi connectivity index (χ2n) is 11.3. The molecule has 1 N–H and O–H groups in total. The number of rotatable bonds is 7. The number of pyridine rings is 1. The van der Waals surface area contributed by atoms with E-state index < -0.39 is 35.4 Å². The van der Waals surface area contributed by atoms with E-state index in [0.717, 1.165) is 47.9 Å². The van der Waals surface area contributed by atoms with Gasteiger partial charge in [-0.05, 0) is 41.8 Å². The third-order valence-corrected chi connectivity index (χ3v) is 8.38. The highest BCUT2D eigenvalue weighted by molar-refractivity contribution is 6.25. The molecule has 1 unspecified atom stereocenters. The summed E-state index contributed by atoms with van der Waals surface area (Å²) in [5.74, 6) is -1.07. The maximum atomic E-state index is 13.3. The van der Waals surface area contributed by atoms with Crippen LogP contribution in [0.4, 0.5) is 24.7 Å². The molecule has 6 rings (SSSR count). The van der Waals surface area contributed by atoms with Crippen LogP contribution in [-0.4, -0.2) is 70.4 Å². The van der Waals surface area contributed by atoms with Gasteiger partial charge in [0.2, 0.25) is 0 Å². The minimum Gasteiger partial charge on any atom is -0.380 e. The van der Waals surface area contributed by atoms with E-state index in [1.165, 1.54) is 6.07 Å². The summed E-state index contributed by atoms with van der Waals surface area (Å²) < 4.78 is 38.5. The van der Waals surface area contributed by atoms with Gasteiger partial charge in [-0.25, -0.2) is 4.98 Å². The topological polar surface area (TPSA) is 103 Å². The number of halogens is 3. The fourth-order valence-corrected chi connectivity index (χ4v) is 5.96. The number of imide groups is 1. The summed E-state index contributed by atoms with van der Waals surface area (Å²) in [6.45, 7) is 3.95. The van der Waals surface area contributed by atoms with Crippen LogP contribution in [0.3, 0.4) is 0 Å². The number of ketones is 2. The predicted octanol–water partition coefficient (Wildman–Crippen LogP) is 4.32. The number of anilines is 2. The Morgan fingerprint density at radius 2 is 1.59 bits per heavy atom. The summed E-state index contributed by atoms with van der Waals surface area (Å²) in [6.07, 6.45) is -3.46. The molecule has 2 amide bonds. The van der Waals surface area contributed by atoms with Gasteiger partial charge in [-0.1, -0.05) is 30.3 Å². The van der Waals surface area contributed by atoms with Crippen LogP contribution in [-0.2, 0) is 28.9 Å². The van der Waals surface area contributed by atoms with Crippen molar-refractivity contribution in [3.63, 3.8) is 0 Å². The lowest BCUT2D eigenvalue weighted by atomic mass is 9.92. The Balaban J connectivity index is 1.03. The number of hydrogen-bond acceptors (Lipinski definition) is 8. The van der Waals surface area contributed by atoms with Crippen LogP contribution in [0.1, 0.15) is 56.7 Å². The van der Waals surface area contributed by atoms with Crippen LogP contribution >= 0.6 is 0 Å². The molecule has 1 saturated heterocycles. The van der Waals surface area contributed by atoms with Gasteiger partial charge in [0.15, 0.2) is 5.78 Å². The molecule has 2 aliphatic heterocycles. The van der Waals surface area contributed by atoms with Gasteiger partial charge in [-0.15, -0.1) is 0 Å². The van der Waals surface area contributed by atoms with Crippen molar-refractivity contribution >= 4 is 34.9 Å². The molecule has 228 valence electrons. The molecule has 2 aromatic carbocycles. The zero-order chi connectivity index (χ0) is 31.0. The average molecular weight is 606 g/mol. The van der Waals surface area contributed by atoms with Crippen molar-refractivity contribution in [2.24, 2.45) is 0 Å². The Labute approximate surface area is 251 Å². The van der Waals surface area contributed by atoms with Crippen molar-refractivity contribution in [1.82, 2.24) is 14.8 Å². The molecule has 0 bridgehead atoms. The number of hydrogen-bond donors (Lipinski definition) is 1. The highest BCUT2D eigenvalue weighted by atomic mass is 19.4. The summed E-state index contributed by atoms with van der Waals surface area (Å²) in [7, 11) is 0. The first-order valence-electron chi connectivity index (χ1n) is 14.5. The van der Waals surface area contributed by atoms with Crippen molar-refractivity contribution in [3.05, 3.63) is 88.6 Å². The van der Waals surface area contributed by atoms with E-state index in [-0.39, 0.29) is 36.2 Å². The van der Waals surface area contributed by atoms with Crippen LogP contribution in [0.2, 0.25) is 0 Å². The first-order valence-corrected chi connectivity index (χ1v) is 14.5. The second kappa shape index (κ2) is 11.8. The van der Waals surface area contributed by atoms with Gasteiger partial charge in [0, 0.05) is 57.6 Å². The largest absolute Gasteiger partial charge is 0.417 e. The number of carbonyl (C=O) groups excluding carboxylic acids is 4. The lowest BCUT2D eigenvalue weighted by molar-refractivity contribution is -0.138. The highest BCUT2D eigenvalue weighted by Gasteiger charge is 2.45. The highest BCUT2D eigenvalue weighted by Crippen LogP contribution is 2.34. The van der Waals surface area contributed by atoms with Crippen LogP contribution in [0.15, 0.2) is 60.8 Å². The first kappa shape index (κ1) is 29.5. The Hall–Kier alpha value is -4.58. The fourth-order valence-electron chi connectivity index (χ4n) is 5.96. The van der Waals surface area contributed by atoms with Crippen molar-refractivity contribution in [1.29, 1.82) is 0 Å². The molecule has 12 heteroatoms. The standard InChI is InChI=1S/C32H30F3N5O4/c33-32(34,35)22-8-11-28(37-18-22)39-14-12-38(13-15-39)19-21-6-4-20(5-7-21)17-36-25-3-1-2-24-29(25)31(44)40(30(24)43)26-10-9-23(41)16-27(26)42/h1-8,11,18,26,36H,9-10,12-17,19H2. The lowest BCUT2D eigenvalue weighted by Crippen LogP contribution is -2.47. The number of alkyl halides is 3. The third-order valence-electron chi connectivity index (χ3n) is 8.38. The number of Topliss-reactive ketones (excluding diaryl/α,β-unsaturated/α-hetero) is 2. The zero-order valence-corrected chi connectivity index (χ0v) is 23.8. The molecule has 1 saturated carbocycles. The summed E-state index contributed by atoms with van der Waals surface area (Å²) in [4.78, 5) is 59.8. The van der Waals surface area contributed by atoms with Crippen LogP contribution in [0.5, 0.6) is 0 Å². The number of fused-ring (bicyclic) bond motifs is 1. The fraction of sp³-hybridized carbons (Fsp3) is 0.344. The molecule has 2 fully saturated rings. The van der Waals surface area contributed by atoms with Gasteiger partial charge in [-0.2, -0.15) is 13.2 Å². The maximum absolute atomic E-state index is 13.3. The maximum Gasteiger partial charge on any atom is 0.417 e. The molecule has 3 heterocycles. The molecule has 3 aromatic rings. The number of amides is 2. The summed E-state index contributed by atoms with van der Waals surface area (Å²) in [5, 5.41) is 3.26. The number of carbonyl (C=O) groups is 4. The summed E-state index contributed by atoms with van der Waals surface area (Å²) >= 11 is 0. The van der Waals surface area contributed by atoms with E-state index in [4.69, 9.17) is 0 Å². The minimum atomic E-state index is -4.40. The Bertz CT molecular complexity index is 1600. The molecule has 44 heavy (non-hydrogen) atoms. The van der Waals surface area contributed by atoms with Gasteiger partial charge in [0.05, 0.1) is 29.2 Å². The Morgan fingerprint density at radius 3 is 2.25 bits per heavy atom. The number of nitrogens with one attached hydrogen (secondary N) is 1. The Morgan fingerprint density at radius 1 is 0.864 bits per heavy atom. The zero-order valence-electron chi connectivity index (χ0n) is 23.8. The van der Waals surface area contributed by atoms with E-state index in [0.29, 0.717) is 31.1 Å². The molecule has 1 aliphatic carbocycles. The van der Waals surface area contributed by atoms with E-state index in [2.05, 4.69) is 15.2 Å². The van der Waals surface area contributed by atoms with Crippen molar-refractivity contribution in [2.45, 2.75) is 44.6 Å². The number of aromatic nitrogens is 1. The predicted molar refractivity (Wildman–Crippen MR) is 155 cm³/mol. The van der Waals surface area contributed by atoms with Gasteiger partial charge in [-0.3, -0.25) is 29.0 Å². The molecule has 1 aromatic heterocycles. The van der Waals surface area contributed by atoms with Gasteiger partial charge in [0.25, 0.3) is 11.8 Å². The van der Waals surface area contributed by atoms with E-state index in [1.54, 1.807) is 18.2 Å². The molecule has 0 radical (unpaired) electrons. The van der Waals surface area contributed by atoms with Gasteiger partial charge >= 0.3 is 6.18 Å². The molecule has 1 atom stereocenters. The summed E-state index contributed by atoms with van der Waals surface area (Å²) in [6, 6.07) is 14.6. The SMILES string of the molecule is O=C1CCC(N2C(=O)c3cccc(NCc4ccc(CN5CCN(c6ccc(C(F)(F)F)cn6)CC5)cc4)c3C2=O)C(=O)C1. The number of benzene rings is 2. The van der Waals surface area contributed by atoms with Gasteiger partial charge in [0.1, 0.15) is 11.6 Å². The molecule has 9 nitrogen and oxygen atoms in total. The van der Waals surface area contributed by atoms with Crippen LogP contribution in [0.25, 0.3) is 0 Å². The van der Waals surface area contributed by atoms with E-state index >= 15 is 0 Å². The smallest absolute Gasteiger partial charge is 0.380 e. The number of nitrogens with zero attached hydrogens (tertiary/aromatic N) is 4.